The molecule has 106 valence electrons. The van der Waals surface area contributed by atoms with Gasteiger partial charge in [-0.2, -0.15) is 0 Å². The lowest BCUT2D eigenvalue weighted by atomic mass is 10.00. The van der Waals surface area contributed by atoms with Crippen LogP contribution < -0.4 is 5.32 Å². The second-order valence-electron chi connectivity index (χ2n) is 5.52. The first-order valence-corrected chi connectivity index (χ1v) is 7.25. The molecule has 0 saturated heterocycles. The molecule has 1 aromatic rings. The molecule has 1 heterocycles. The van der Waals surface area contributed by atoms with Crippen LogP contribution in [0, 0.1) is 0 Å². The van der Waals surface area contributed by atoms with Crippen LogP contribution in [0.4, 0.5) is 5.82 Å². The van der Waals surface area contributed by atoms with Crippen molar-refractivity contribution in [2.45, 2.75) is 57.5 Å². The second-order valence-corrected chi connectivity index (χ2v) is 5.52. The molecular formula is C15H25N3O. The highest BCUT2D eigenvalue weighted by atomic mass is 16.5. The quantitative estimate of drug-likeness (QED) is 0.884. The van der Waals surface area contributed by atoms with Crippen LogP contribution in [-0.4, -0.2) is 24.1 Å². The van der Waals surface area contributed by atoms with E-state index in [1.165, 1.54) is 31.4 Å². The molecule has 0 aromatic carbocycles. The Morgan fingerprint density at radius 2 is 2.05 bits per heavy atom. The van der Waals surface area contributed by atoms with Gasteiger partial charge in [0.15, 0.2) is 5.82 Å². The summed E-state index contributed by atoms with van der Waals surface area (Å²) in [4.78, 5) is 9.39. The third-order valence-corrected chi connectivity index (χ3v) is 4.37. The second kappa shape index (κ2) is 5.87. The van der Waals surface area contributed by atoms with Crippen molar-refractivity contribution in [3.05, 3.63) is 17.6 Å². The van der Waals surface area contributed by atoms with Crippen LogP contribution in [-0.2, 0) is 10.3 Å². The SMILES string of the molecule is CCC(C)(OC)c1nc(NC)cc(C2CCCC2)n1. The summed E-state index contributed by atoms with van der Waals surface area (Å²) in [5.74, 6) is 2.28. The maximum Gasteiger partial charge on any atom is 0.162 e. The van der Waals surface area contributed by atoms with E-state index in [1.807, 2.05) is 7.05 Å². The van der Waals surface area contributed by atoms with Crippen LogP contribution in [0.3, 0.4) is 0 Å². The minimum absolute atomic E-state index is 0.403. The van der Waals surface area contributed by atoms with E-state index in [-0.39, 0.29) is 0 Å². The zero-order chi connectivity index (χ0) is 13.9. The number of nitrogens with zero attached hydrogens (tertiary/aromatic N) is 2. The molecule has 1 unspecified atom stereocenters. The minimum atomic E-state index is -0.403. The number of nitrogens with one attached hydrogen (secondary N) is 1. The van der Waals surface area contributed by atoms with E-state index in [2.05, 4.69) is 30.2 Å². The zero-order valence-electron chi connectivity index (χ0n) is 12.5. The van der Waals surface area contributed by atoms with Crippen molar-refractivity contribution in [3.8, 4) is 0 Å². The van der Waals surface area contributed by atoms with Crippen LogP contribution in [0.25, 0.3) is 0 Å². The summed E-state index contributed by atoms with van der Waals surface area (Å²) < 4.78 is 5.64. The van der Waals surface area contributed by atoms with Gasteiger partial charge >= 0.3 is 0 Å². The standard InChI is InChI=1S/C15H25N3O/c1-5-15(2,19-4)14-17-12(10-13(16-3)18-14)11-8-6-7-9-11/h10-11H,5-9H2,1-4H3,(H,16,17,18). The first-order chi connectivity index (χ1) is 9.12. The molecule has 1 aliphatic rings. The Labute approximate surface area is 116 Å². The first-order valence-electron chi connectivity index (χ1n) is 7.25. The van der Waals surface area contributed by atoms with Gasteiger partial charge in [0.1, 0.15) is 11.4 Å². The van der Waals surface area contributed by atoms with Crippen LogP contribution in [0.2, 0.25) is 0 Å². The average molecular weight is 263 g/mol. The molecule has 0 amide bonds. The molecule has 0 radical (unpaired) electrons. The number of rotatable bonds is 5. The maximum absolute atomic E-state index is 5.64. The summed E-state index contributed by atoms with van der Waals surface area (Å²) in [5.41, 5.74) is 0.767. The summed E-state index contributed by atoms with van der Waals surface area (Å²) >= 11 is 0. The molecule has 1 saturated carbocycles. The average Bonchev–Trinajstić information content (AvgIpc) is 3.00. The third kappa shape index (κ3) is 2.89. The Morgan fingerprint density at radius 3 is 2.58 bits per heavy atom. The van der Waals surface area contributed by atoms with Crippen molar-refractivity contribution in [2.24, 2.45) is 0 Å². The Kier molecular flexibility index (Phi) is 4.40. The summed E-state index contributed by atoms with van der Waals surface area (Å²) in [5, 5.41) is 3.14. The van der Waals surface area contributed by atoms with E-state index in [1.54, 1.807) is 7.11 Å². The topological polar surface area (TPSA) is 47.0 Å². The first kappa shape index (κ1) is 14.3. The molecule has 4 heteroatoms. The van der Waals surface area contributed by atoms with E-state index in [0.29, 0.717) is 5.92 Å². The highest BCUT2D eigenvalue weighted by Gasteiger charge is 2.29. The van der Waals surface area contributed by atoms with Gasteiger partial charge in [-0.3, -0.25) is 0 Å². The fourth-order valence-corrected chi connectivity index (χ4v) is 2.66. The van der Waals surface area contributed by atoms with Gasteiger partial charge < -0.3 is 10.1 Å². The van der Waals surface area contributed by atoms with Gasteiger partial charge in [0.25, 0.3) is 0 Å². The molecule has 1 atom stereocenters. The maximum atomic E-state index is 5.64. The van der Waals surface area contributed by atoms with Crippen LogP contribution in [0.5, 0.6) is 0 Å². The molecule has 1 aliphatic carbocycles. The predicted molar refractivity (Wildman–Crippen MR) is 77.4 cm³/mol. The molecule has 4 nitrogen and oxygen atoms in total. The highest BCUT2D eigenvalue weighted by Crippen LogP contribution is 2.35. The smallest absolute Gasteiger partial charge is 0.162 e. The summed E-state index contributed by atoms with van der Waals surface area (Å²) in [6.45, 7) is 4.16. The lowest BCUT2D eigenvalue weighted by molar-refractivity contribution is -0.00908. The Hall–Kier alpha value is -1.16. The molecule has 19 heavy (non-hydrogen) atoms. The van der Waals surface area contributed by atoms with E-state index >= 15 is 0 Å². The zero-order valence-corrected chi connectivity index (χ0v) is 12.5. The highest BCUT2D eigenvalue weighted by molar-refractivity contribution is 5.37. The van der Waals surface area contributed by atoms with E-state index in [0.717, 1.165) is 18.1 Å². The monoisotopic (exact) mass is 263 g/mol. The Bertz CT molecular complexity index is 423. The number of anilines is 1. The normalized spacial score (nSPS) is 19.4. The molecular weight excluding hydrogens is 238 g/mol. The number of ether oxygens (including phenoxy) is 1. The van der Waals surface area contributed by atoms with Gasteiger partial charge in [0.05, 0.1) is 0 Å². The van der Waals surface area contributed by atoms with Crippen molar-refractivity contribution in [1.82, 2.24) is 9.97 Å². The summed E-state index contributed by atoms with van der Waals surface area (Å²) in [6, 6.07) is 2.09. The van der Waals surface area contributed by atoms with Crippen molar-refractivity contribution < 1.29 is 4.74 Å². The Morgan fingerprint density at radius 1 is 1.37 bits per heavy atom. The lowest BCUT2D eigenvalue weighted by Crippen LogP contribution is -2.27. The van der Waals surface area contributed by atoms with E-state index in [4.69, 9.17) is 9.72 Å². The van der Waals surface area contributed by atoms with Crippen molar-refractivity contribution in [3.63, 3.8) is 0 Å². The number of hydrogen-bond acceptors (Lipinski definition) is 4. The van der Waals surface area contributed by atoms with Gasteiger partial charge in [-0.05, 0) is 26.2 Å². The number of hydrogen-bond donors (Lipinski definition) is 1. The molecule has 0 aliphatic heterocycles. The van der Waals surface area contributed by atoms with Crippen molar-refractivity contribution >= 4 is 5.82 Å². The summed E-state index contributed by atoms with van der Waals surface area (Å²) in [7, 11) is 3.63. The van der Waals surface area contributed by atoms with Crippen molar-refractivity contribution in [1.29, 1.82) is 0 Å². The lowest BCUT2D eigenvalue weighted by Gasteiger charge is -2.26. The largest absolute Gasteiger partial charge is 0.373 e. The van der Waals surface area contributed by atoms with Crippen LogP contribution in [0.15, 0.2) is 6.07 Å². The van der Waals surface area contributed by atoms with Crippen molar-refractivity contribution in [2.75, 3.05) is 19.5 Å². The van der Waals surface area contributed by atoms with Gasteiger partial charge in [-0.15, -0.1) is 0 Å². The molecule has 1 N–H and O–H groups in total. The minimum Gasteiger partial charge on any atom is -0.373 e. The van der Waals surface area contributed by atoms with Gasteiger partial charge in [-0.1, -0.05) is 19.8 Å². The van der Waals surface area contributed by atoms with Gasteiger partial charge in [0.2, 0.25) is 0 Å². The fraction of sp³-hybridized carbons (Fsp3) is 0.733. The Balaban J connectivity index is 2.40. The number of methoxy groups -OCH3 is 1. The van der Waals surface area contributed by atoms with E-state index in [9.17, 15) is 0 Å². The molecule has 0 bridgehead atoms. The third-order valence-electron chi connectivity index (χ3n) is 4.37. The predicted octanol–water partition coefficient (Wildman–Crippen LogP) is 3.45. The van der Waals surface area contributed by atoms with Crippen LogP contribution in [0.1, 0.15) is 63.4 Å². The molecule has 1 fully saturated rings. The molecule has 0 spiro atoms. The molecule has 1 aromatic heterocycles. The van der Waals surface area contributed by atoms with Gasteiger partial charge in [-0.25, -0.2) is 9.97 Å². The fourth-order valence-electron chi connectivity index (χ4n) is 2.66. The van der Waals surface area contributed by atoms with E-state index < -0.39 is 5.60 Å². The number of aromatic nitrogens is 2. The molecule has 2 rings (SSSR count). The van der Waals surface area contributed by atoms with Crippen LogP contribution >= 0.6 is 0 Å². The van der Waals surface area contributed by atoms with Gasteiger partial charge in [0, 0.05) is 31.8 Å². The summed E-state index contributed by atoms with van der Waals surface area (Å²) in [6.07, 6.45) is 5.98.